The number of hydrogen-bond acceptors (Lipinski definition) is 9. The van der Waals surface area contributed by atoms with Crippen molar-refractivity contribution in [2.45, 2.75) is 50.8 Å². The van der Waals surface area contributed by atoms with Crippen molar-refractivity contribution in [3.63, 3.8) is 0 Å². The van der Waals surface area contributed by atoms with E-state index < -0.39 is 58.0 Å². The SMILES string of the molecule is CC1CCN(Cc2ccc(O)c3c2CC2C[C@H]4C(N(C)C)C(O)=C(C(N)=O)C(=O)[C@@]4(O)C(O)=C2C3=O)CC1. The number of nitrogens with zero attached hydrogens (tertiary/aromatic N) is 2. The minimum absolute atomic E-state index is 0.0636. The molecular formula is C28H35N3O7. The molecule has 204 valence electrons. The van der Waals surface area contributed by atoms with E-state index in [1.807, 2.05) is 6.07 Å². The fourth-order valence-electron chi connectivity index (χ4n) is 6.92. The molecule has 10 heteroatoms. The molecular weight excluding hydrogens is 490 g/mol. The third-order valence-corrected chi connectivity index (χ3v) is 8.97. The first-order valence-corrected chi connectivity index (χ1v) is 13.1. The third kappa shape index (κ3) is 3.77. The van der Waals surface area contributed by atoms with E-state index in [0.29, 0.717) is 24.4 Å². The number of aromatic hydroxyl groups is 1. The van der Waals surface area contributed by atoms with E-state index in [9.17, 15) is 34.8 Å². The number of carbonyl (C=O) groups is 3. The Balaban J connectivity index is 1.61. The predicted octanol–water partition coefficient (Wildman–Crippen LogP) is 1.35. The van der Waals surface area contributed by atoms with Crippen molar-refractivity contribution >= 4 is 17.5 Å². The van der Waals surface area contributed by atoms with Crippen LogP contribution in [0.3, 0.4) is 0 Å². The number of nitrogens with two attached hydrogens (primary N) is 1. The summed E-state index contributed by atoms with van der Waals surface area (Å²) in [7, 11) is 3.23. The van der Waals surface area contributed by atoms with Gasteiger partial charge in [-0.15, -0.1) is 0 Å². The summed E-state index contributed by atoms with van der Waals surface area (Å²) < 4.78 is 0. The summed E-state index contributed by atoms with van der Waals surface area (Å²) in [6.45, 7) is 4.74. The number of phenols is 1. The van der Waals surface area contributed by atoms with Gasteiger partial charge in [0.2, 0.25) is 5.78 Å². The van der Waals surface area contributed by atoms with Gasteiger partial charge in [-0.2, -0.15) is 0 Å². The maximum atomic E-state index is 13.8. The van der Waals surface area contributed by atoms with Gasteiger partial charge in [0.05, 0.1) is 11.6 Å². The van der Waals surface area contributed by atoms with Gasteiger partial charge in [0, 0.05) is 18.0 Å². The zero-order valence-corrected chi connectivity index (χ0v) is 21.9. The number of rotatable bonds is 4. The largest absolute Gasteiger partial charge is 0.510 e. The van der Waals surface area contributed by atoms with E-state index in [0.717, 1.165) is 31.5 Å². The van der Waals surface area contributed by atoms with Crippen molar-refractivity contribution in [1.29, 1.82) is 0 Å². The molecule has 1 aromatic carbocycles. The lowest BCUT2D eigenvalue weighted by atomic mass is 9.58. The molecule has 0 bridgehead atoms. The van der Waals surface area contributed by atoms with Gasteiger partial charge < -0.3 is 26.2 Å². The Kier molecular flexibility index (Phi) is 6.40. The monoisotopic (exact) mass is 525 g/mol. The highest BCUT2D eigenvalue weighted by Gasteiger charge is 2.63. The van der Waals surface area contributed by atoms with Crippen molar-refractivity contribution in [2.24, 2.45) is 23.5 Å². The van der Waals surface area contributed by atoms with Crippen molar-refractivity contribution in [1.82, 2.24) is 9.80 Å². The molecule has 0 aromatic heterocycles. The molecule has 38 heavy (non-hydrogen) atoms. The highest BCUT2D eigenvalue weighted by Crippen LogP contribution is 2.52. The van der Waals surface area contributed by atoms with Crippen LogP contribution in [0.1, 0.15) is 47.7 Å². The molecule has 0 spiro atoms. The Hall–Kier alpha value is -3.21. The lowest BCUT2D eigenvalue weighted by Crippen LogP contribution is -2.63. The summed E-state index contributed by atoms with van der Waals surface area (Å²) in [6.07, 6.45) is 2.57. The van der Waals surface area contributed by atoms with E-state index in [1.54, 1.807) is 19.0 Å². The molecule has 1 amide bonds. The minimum atomic E-state index is -2.62. The van der Waals surface area contributed by atoms with Gasteiger partial charge >= 0.3 is 0 Å². The highest BCUT2D eigenvalue weighted by molar-refractivity contribution is 6.24. The standard InChI is InChI=1S/C28H35N3O7/c1-13-6-8-31(9-7-13)12-14-4-5-18(32)20-16(14)10-15-11-17-22(30(2)3)24(34)21(27(29)37)26(36)28(17,38)25(35)19(15)23(20)33/h4-5,13,15,17,22,32,34-35,38H,6-12H2,1-3H3,(H2,29,37)/t15?,17-,22?,28-/m0/s1. The quantitative estimate of drug-likeness (QED) is 0.365. The first-order valence-electron chi connectivity index (χ1n) is 13.1. The van der Waals surface area contributed by atoms with E-state index in [2.05, 4.69) is 11.8 Å². The van der Waals surface area contributed by atoms with Crippen molar-refractivity contribution in [3.8, 4) is 5.75 Å². The zero-order chi connectivity index (χ0) is 27.7. The topological polar surface area (TPSA) is 165 Å². The fourth-order valence-corrected chi connectivity index (χ4v) is 6.92. The molecule has 1 aliphatic heterocycles. The molecule has 5 rings (SSSR count). The molecule has 1 aromatic rings. The summed E-state index contributed by atoms with van der Waals surface area (Å²) in [5.74, 6) is -5.69. The number of primary amides is 1. The number of allylic oxidation sites excluding steroid dienone is 1. The first kappa shape index (κ1) is 26.4. The molecule has 0 saturated carbocycles. The van der Waals surface area contributed by atoms with Crippen LogP contribution < -0.4 is 5.73 Å². The molecule has 1 fully saturated rings. The number of amides is 1. The lowest BCUT2D eigenvalue weighted by molar-refractivity contribution is -0.148. The number of benzene rings is 1. The second-order valence-electron chi connectivity index (χ2n) is 11.5. The summed E-state index contributed by atoms with van der Waals surface area (Å²) in [5.41, 5.74) is 3.49. The lowest BCUT2D eigenvalue weighted by Gasteiger charge is -2.50. The third-order valence-electron chi connectivity index (χ3n) is 8.97. The van der Waals surface area contributed by atoms with E-state index >= 15 is 0 Å². The first-order chi connectivity index (χ1) is 17.9. The van der Waals surface area contributed by atoms with E-state index in [-0.39, 0.29) is 23.3 Å². The van der Waals surface area contributed by atoms with Crippen LogP contribution in [0.2, 0.25) is 0 Å². The van der Waals surface area contributed by atoms with Crippen LogP contribution in [0.25, 0.3) is 0 Å². The Morgan fingerprint density at radius 3 is 2.42 bits per heavy atom. The molecule has 4 atom stereocenters. The number of ketones is 2. The number of hydrogen-bond donors (Lipinski definition) is 5. The number of fused-ring (bicyclic) bond motifs is 3. The Morgan fingerprint density at radius 1 is 1.16 bits per heavy atom. The summed E-state index contributed by atoms with van der Waals surface area (Å²) in [4.78, 5) is 43.1. The van der Waals surface area contributed by atoms with Gasteiger partial charge in [-0.25, -0.2) is 0 Å². The number of Topliss-reactive ketones (excluding diaryl/α,β-unsaturated/α-hetero) is 2. The van der Waals surface area contributed by atoms with Crippen LogP contribution in [-0.4, -0.2) is 86.5 Å². The number of likely N-dealkylation sites (tertiary alicyclic amines) is 1. The summed E-state index contributed by atoms with van der Waals surface area (Å²) in [5, 5.41) is 44.6. The van der Waals surface area contributed by atoms with Gasteiger partial charge in [-0.1, -0.05) is 13.0 Å². The van der Waals surface area contributed by atoms with Crippen molar-refractivity contribution in [2.75, 3.05) is 27.2 Å². The van der Waals surface area contributed by atoms with Crippen molar-refractivity contribution < 1.29 is 34.8 Å². The molecule has 4 aliphatic rings. The molecule has 2 unspecified atom stereocenters. The maximum absolute atomic E-state index is 13.8. The van der Waals surface area contributed by atoms with Crippen LogP contribution in [0.4, 0.5) is 0 Å². The summed E-state index contributed by atoms with van der Waals surface area (Å²) >= 11 is 0. The highest BCUT2D eigenvalue weighted by atomic mass is 16.3. The minimum Gasteiger partial charge on any atom is -0.510 e. The molecule has 6 N–H and O–H groups in total. The van der Waals surface area contributed by atoms with Gasteiger partial charge in [0.1, 0.15) is 22.8 Å². The number of carbonyl (C=O) groups excluding carboxylic acids is 3. The molecule has 1 saturated heterocycles. The molecule has 3 aliphatic carbocycles. The summed E-state index contributed by atoms with van der Waals surface area (Å²) in [6, 6.07) is 2.30. The molecule has 10 nitrogen and oxygen atoms in total. The van der Waals surface area contributed by atoms with Crippen molar-refractivity contribution in [3.05, 3.63) is 51.5 Å². The van der Waals surface area contributed by atoms with Gasteiger partial charge in [0.15, 0.2) is 11.4 Å². The van der Waals surface area contributed by atoms with E-state index in [4.69, 9.17) is 5.73 Å². The van der Waals surface area contributed by atoms with Crippen LogP contribution in [0.15, 0.2) is 34.8 Å². The second kappa shape index (κ2) is 9.21. The normalized spacial score (nSPS) is 30.4. The smallest absolute Gasteiger partial charge is 0.255 e. The average molecular weight is 526 g/mol. The van der Waals surface area contributed by atoms with Crippen LogP contribution in [0, 0.1) is 17.8 Å². The van der Waals surface area contributed by atoms with Gasteiger partial charge in [-0.3, -0.25) is 24.2 Å². The maximum Gasteiger partial charge on any atom is 0.255 e. The zero-order valence-electron chi connectivity index (χ0n) is 21.9. The number of piperidine rings is 1. The number of phenolic OH excluding ortho intramolecular Hbond substituents is 1. The Bertz CT molecular complexity index is 1290. The molecule has 0 radical (unpaired) electrons. The predicted molar refractivity (Wildman–Crippen MR) is 137 cm³/mol. The average Bonchev–Trinajstić information content (AvgIpc) is 2.84. The van der Waals surface area contributed by atoms with Gasteiger partial charge in [0.25, 0.3) is 5.91 Å². The van der Waals surface area contributed by atoms with Crippen LogP contribution in [-0.2, 0) is 22.6 Å². The van der Waals surface area contributed by atoms with Crippen LogP contribution >= 0.6 is 0 Å². The van der Waals surface area contributed by atoms with Gasteiger partial charge in [-0.05, 0) is 81.9 Å². The second-order valence-corrected chi connectivity index (χ2v) is 11.5. The Morgan fingerprint density at radius 2 is 1.82 bits per heavy atom. The van der Waals surface area contributed by atoms with E-state index in [1.165, 1.54) is 6.07 Å². The Labute approximate surface area is 221 Å². The van der Waals surface area contributed by atoms with Crippen LogP contribution in [0.5, 0.6) is 5.75 Å². The fraction of sp³-hybridized carbons (Fsp3) is 0.536. The number of likely N-dealkylation sites (N-methyl/N-ethyl adjacent to an activating group) is 1. The number of aliphatic hydroxyl groups is 3. The molecule has 1 heterocycles. The number of aliphatic hydroxyl groups excluding tert-OH is 2.